The molecular weight excluding hydrogens is 628 g/mol. The normalized spacial score (nSPS) is 16.6. The lowest BCUT2D eigenvalue weighted by atomic mass is 10.0. The van der Waals surface area contributed by atoms with E-state index in [-0.39, 0.29) is 40.7 Å². The first-order valence-electron chi connectivity index (χ1n) is 14.4. The van der Waals surface area contributed by atoms with Crippen LogP contribution in [-0.4, -0.2) is 80.0 Å². The van der Waals surface area contributed by atoms with Gasteiger partial charge in [-0.1, -0.05) is 18.2 Å². The van der Waals surface area contributed by atoms with Crippen LogP contribution in [0.1, 0.15) is 39.5 Å². The second-order valence-corrected chi connectivity index (χ2v) is 13.8. The molecule has 0 fully saturated rings. The summed E-state index contributed by atoms with van der Waals surface area (Å²) in [6, 6.07) is 7.47. The summed E-state index contributed by atoms with van der Waals surface area (Å²) in [5, 5.41) is 22.2. The molecule has 246 valence electrons. The maximum Gasteiger partial charge on any atom is 0.269 e. The number of nitrogens with zero attached hydrogens (tertiary/aromatic N) is 4. The Hall–Kier alpha value is -3.54. The van der Waals surface area contributed by atoms with Gasteiger partial charge in [-0.3, -0.25) is 20.2 Å². The summed E-state index contributed by atoms with van der Waals surface area (Å²) in [7, 11) is -8.36. The topological polar surface area (TPSA) is 179 Å². The summed E-state index contributed by atoms with van der Waals surface area (Å²) >= 11 is 0. The van der Waals surface area contributed by atoms with Gasteiger partial charge < -0.3 is 9.47 Å². The molecule has 1 heterocycles. The molecule has 0 bridgehead atoms. The van der Waals surface area contributed by atoms with Gasteiger partial charge in [-0.25, -0.2) is 16.8 Å². The van der Waals surface area contributed by atoms with Crippen molar-refractivity contribution in [1.82, 2.24) is 8.61 Å². The van der Waals surface area contributed by atoms with Crippen LogP contribution < -0.4 is 0 Å². The van der Waals surface area contributed by atoms with E-state index in [0.29, 0.717) is 32.5 Å². The number of rotatable bonds is 18. The van der Waals surface area contributed by atoms with Crippen LogP contribution in [0.2, 0.25) is 0 Å². The number of hydrogen-bond acceptors (Lipinski definition) is 10. The van der Waals surface area contributed by atoms with E-state index >= 15 is 0 Å². The third-order valence-electron chi connectivity index (χ3n) is 7.20. The maximum atomic E-state index is 14.0. The lowest BCUT2D eigenvalue weighted by Gasteiger charge is -2.36. The van der Waals surface area contributed by atoms with Crippen molar-refractivity contribution >= 4 is 31.4 Å². The first-order valence-corrected chi connectivity index (χ1v) is 17.3. The molecule has 0 saturated heterocycles. The molecule has 2 atom stereocenters. The molecule has 0 amide bonds. The smallest absolute Gasteiger partial charge is 0.269 e. The molecule has 0 spiro atoms. The molecule has 45 heavy (non-hydrogen) atoms. The first kappa shape index (κ1) is 35.9. The van der Waals surface area contributed by atoms with Crippen LogP contribution in [0.25, 0.3) is 0 Å². The highest BCUT2D eigenvalue weighted by molar-refractivity contribution is 7.89. The zero-order chi connectivity index (χ0) is 33.2. The Balaban J connectivity index is 1.95. The largest absolute Gasteiger partial charge is 0.353 e. The van der Waals surface area contributed by atoms with Gasteiger partial charge in [0, 0.05) is 62.7 Å². The van der Waals surface area contributed by atoms with Crippen molar-refractivity contribution in [2.24, 2.45) is 0 Å². The van der Waals surface area contributed by atoms with Crippen LogP contribution in [-0.2, 0) is 29.5 Å². The van der Waals surface area contributed by atoms with E-state index in [1.54, 1.807) is 6.08 Å². The molecule has 0 unspecified atom stereocenters. The number of ether oxygens (including phenoxy) is 2. The third-order valence-corrected chi connectivity index (χ3v) is 11.1. The van der Waals surface area contributed by atoms with E-state index in [4.69, 9.17) is 9.47 Å². The van der Waals surface area contributed by atoms with Gasteiger partial charge in [0.25, 0.3) is 11.4 Å². The van der Waals surface area contributed by atoms with Crippen molar-refractivity contribution in [3.8, 4) is 0 Å². The molecule has 14 nitrogen and oxygen atoms in total. The van der Waals surface area contributed by atoms with Crippen LogP contribution in [0.15, 0.2) is 83.1 Å². The molecule has 3 rings (SSSR count). The highest BCUT2D eigenvalue weighted by Gasteiger charge is 2.37. The van der Waals surface area contributed by atoms with Crippen molar-refractivity contribution in [1.29, 1.82) is 0 Å². The maximum absolute atomic E-state index is 14.0. The van der Waals surface area contributed by atoms with E-state index in [1.807, 2.05) is 19.9 Å². The van der Waals surface area contributed by atoms with Crippen LogP contribution >= 0.6 is 0 Å². The summed E-state index contributed by atoms with van der Waals surface area (Å²) in [4.78, 5) is 20.7. The summed E-state index contributed by atoms with van der Waals surface area (Å²) < 4.78 is 69.0. The van der Waals surface area contributed by atoms with Crippen molar-refractivity contribution in [3.63, 3.8) is 0 Å². The van der Waals surface area contributed by atoms with E-state index in [1.165, 1.54) is 26.8 Å². The monoisotopic (exact) mass is 666 g/mol. The van der Waals surface area contributed by atoms with E-state index in [0.717, 1.165) is 36.4 Å². The second-order valence-electron chi connectivity index (χ2n) is 10.0. The molecule has 0 radical (unpaired) electrons. The van der Waals surface area contributed by atoms with E-state index in [2.05, 4.69) is 6.58 Å². The Bertz CT molecular complexity index is 1560. The van der Waals surface area contributed by atoms with Gasteiger partial charge in [0.1, 0.15) is 0 Å². The Morgan fingerprint density at radius 2 is 1.49 bits per heavy atom. The van der Waals surface area contributed by atoms with Gasteiger partial charge in [0.15, 0.2) is 6.29 Å². The van der Waals surface area contributed by atoms with Crippen molar-refractivity contribution in [2.75, 3.05) is 26.3 Å². The highest BCUT2D eigenvalue weighted by atomic mass is 32.2. The molecule has 0 N–H and O–H groups in total. The minimum Gasteiger partial charge on any atom is -0.353 e. The van der Waals surface area contributed by atoms with Crippen LogP contribution in [0.3, 0.4) is 0 Å². The molecule has 1 aliphatic heterocycles. The van der Waals surface area contributed by atoms with Crippen molar-refractivity contribution in [2.45, 2.75) is 67.7 Å². The van der Waals surface area contributed by atoms with Gasteiger partial charge in [-0.05, 0) is 63.8 Å². The molecule has 0 saturated carbocycles. The fraction of sp³-hybridized carbons (Fsp3) is 0.448. The quantitative estimate of drug-likeness (QED) is 0.0942. The summed E-state index contributed by atoms with van der Waals surface area (Å²) in [6.45, 7) is 8.42. The number of nitro benzene ring substituents is 2. The van der Waals surface area contributed by atoms with E-state index < -0.39 is 48.3 Å². The van der Waals surface area contributed by atoms with Gasteiger partial charge >= 0.3 is 0 Å². The van der Waals surface area contributed by atoms with Gasteiger partial charge in [-0.2, -0.15) is 8.61 Å². The lowest BCUT2D eigenvalue weighted by molar-refractivity contribution is -0.385. The Labute approximate surface area is 263 Å². The summed E-state index contributed by atoms with van der Waals surface area (Å²) in [5.41, 5.74) is -0.518. The highest BCUT2D eigenvalue weighted by Crippen LogP contribution is 2.30. The molecule has 0 aliphatic carbocycles. The minimum atomic E-state index is -4.24. The van der Waals surface area contributed by atoms with Crippen LogP contribution in [0.4, 0.5) is 11.4 Å². The average molecular weight is 667 g/mol. The minimum absolute atomic E-state index is 0.00179. The fourth-order valence-electron chi connectivity index (χ4n) is 5.01. The van der Waals surface area contributed by atoms with Gasteiger partial charge in [0.2, 0.25) is 20.0 Å². The standard InChI is InChI=1S/C29H38N4O10S2/c1-4-23(22-26-10-7-8-20-31(26)45(40,41)28-18-14-25(15-19-28)33(36)37)30(21-9-11-29(42-5-2)43-6-3)44(38,39)27-16-12-24(13-17-27)32(34)35/h4,7,10,12-19,23,26,29H,1,5-6,8-9,11,20-22H2,2-3H3/t23-,26+/m0/s1. The van der Waals surface area contributed by atoms with E-state index in [9.17, 15) is 37.1 Å². The predicted molar refractivity (Wildman–Crippen MR) is 166 cm³/mol. The van der Waals surface area contributed by atoms with Gasteiger partial charge in [-0.15, -0.1) is 6.58 Å². The molecule has 2 aromatic rings. The Morgan fingerprint density at radius 1 is 0.956 bits per heavy atom. The second kappa shape index (κ2) is 16.1. The third kappa shape index (κ3) is 9.02. The molecule has 16 heteroatoms. The molecule has 1 aliphatic rings. The number of benzene rings is 2. The zero-order valence-corrected chi connectivity index (χ0v) is 26.8. The average Bonchev–Trinajstić information content (AvgIpc) is 3.02. The lowest BCUT2D eigenvalue weighted by Crippen LogP contribution is -2.47. The first-order chi connectivity index (χ1) is 21.4. The predicted octanol–water partition coefficient (Wildman–Crippen LogP) is 4.64. The van der Waals surface area contributed by atoms with Crippen LogP contribution in [0.5, 0.6) is 0 Å². The summed E-state index contributed by atoms with van der Waals surface area (Å²) in [6.07, 6.45) is 5.53. The molecule has 0 aromatic heterocycles. The van der Waals surface area contributed by atoms with Crippen molar-refractivity contribution in [3.05, 3.63) is 93.6 Å². The molecular formula is C29H38N4O10S2. The summed E-state index contributed by atoms with van der Waals surface area (Å²) in [5.74, 6) is 0. The Morgan fingerprint density at radius 3 is 1.98 bits per heavy atom. The number of nitro groups is 2. The SMILES string of the molecule is C=C[C@@H](C[C@H]1C=CCCN1S(=O)(=O)c1ccc([N+](=O)[O-])cc1)N(CCCC(OCC)OCC)S(=O)(=O)c1ccc([N+](=O)[O-])cc1. The fourth-order valence-corrected chi connectivity index (χ4v) is 8.26. The van der Waals surface area contributed by atoms with Crippen LogP contribution in [0, 0.1) is 20.2 Å². The number of hydrogen-bond donors (Lipinski definition) is 0. The number of sulfonamides is 2. The van der Waals surface area contributed by atoms with Gasteiger partial charge in [0.05, 0.1) is 19.6 Å². The number of non-ortho nitro benzene ring substituents is 2. The zero-order valence-electron chi connectivity index (χ0n) is 25.1. The Kier molecular flexibility index (Phi) is 12.9. The molecule has 2 aromatic carbocycles. The van der Waals surface area contributed by atoms with Crippen molar-refractivity contribution < 1.29 is 36.2 Å².